The summed E-state index contributed by atoms with van der Waals surface area (Å²) in [5, 5.41) is 2.66. The Morgan fingerprint density at radius 3 is 2.44 bits per heavy atom. The fourth-order valence-electron chi connectivity index (χ4n) is 1.22. The van der Waals surface area contributed by atoms with E-state index in [2.05, 4.69) is 19.2 Å². The molecule has 0 aromatic heterocycles. The molecule has 1 N–H and O–H groups in total. The number of esters is 1. The van der Waals surface area contributed by atoms with Crippen LogP contribution in [-0.4, -0.2) is 18.5 Å². The summed E-state index contributed by atoms with van der Waals surface area (Å²) in [6.45, 7) is 7.65. The van der Waals surface area contributed by atoms with Crippen molar-refractivity contribution >= 4 is 11.9 Å². The first-order valence-electron chi connectivity index (χ1n) is 5.64. The fourth-order valence-corrected chi connectivity index (χ4v) is 1.22. The van der Waals surface area contributed by atoms with Gasteiger partial charge in [-0.05, 0) is 19.3 Å². The first-order valence-corrected chi connectivity index (χ1v) is 5.64. The molecule has 16 heavy (non-hydrogen) atoms. The van der Waals surface area contributed by atoms with Crippen LogP contribution in [0, 0.1) is 5.92 Å². The summed E-state index contributed by atoms with van der Waals surface area (Å²) in [7, 11) is 0. The maximum atomic E-state index is 11.3. The molecule has 0 saturated heterocycles. The van der Waals surface area contributed by atoms with E-state index in [1.165, 1.54) is 13.0 Å². The maximum absolute atomic E-state index is 11.3. The first kappa shape index (κ1) is 14.7. The van der Waals surface area contributed by atoms with E-state index in [1.54, 1.807) is 6.92 Å². The van der Waals surface area contributed by atoms with Crippen molar-refractivity contribution in [2.24, 2.45) is 5.92 Å². The highest BCUT2D eigenvalue weighted by molar-refractivity contribution is 5.84. The predicted molar refractivity (Wildman–Crippen MR) is 62.6 cm³/mol. The van der Waals surface area contributed by atoms with Gasteiger partial charge in [-0.25, -0.2) is 4.79 Å². The van der Waals surface area contributed by atoms with E-state index in [1.807, 2.05) is 0 Å². The van der Waals surface area contributed by atoms with Crippen LogP contribution in [0.15, 0.2) is 11.8 Å². The molecule has 0 aliphatic rings. The Bertz CT molecular complexity index is 271. The Labute approximate surface area is 97.1 Å². The lowest BCUT2D eigenvalue weighted by Crippen LogP contribution is -2.22. The van der Waals surface area contributed by atoms with Crippen LogP contribution in [0.2, 0.25) is 0 Å². The van der Waals surface area contributed by atoms with Gasteiger partial charge in [-0.2, -0.15) is 0 Å². The molecule has 0 saturated carbocycles. The number of carbonyl (C=O) groups is 2. The Balaban J connectivity index is 4.51. The third-order valence-electron chi connectivity index (χ3n) is 2.18. The summed E-state index contributed by atoms with van der Waals surface area (Å²) in [4.78, 5) is 22.2. The SMILES string of the molecule is CCOC(=O)C=C(C[C@H](C)CC)NC(C)=O. The van der Waals surface area contributed by atoms with Gasteiger partial charge in [0.2, 0.25) is 5.91 Å². The average Bonchev–Trinajstić information content (AvgIpc) is 2.16. The minimum absolute atomic E-state index is 0.168. The lowest BCUT2D eigenvalue weighted by Gasteiger charge is -2.12. The van der Waals surface area contributed by atoms with E-state index in [0.29, 0.717) is 24.6 Å². The zero-order valence-corrected chi connectivity index (χ0v) is 10.5. The number of carbonyl (C=O) groups excluding carboxylic acids is 2. The van der Waals surface area contributed by atoms with Crippen molar-refractivity contribution in [3.8, 4) is 0 Å². The van der Waals surface area contributed by atoms with E-state index in [-0.39, 0.29) is 5.91 Å². The second-order valence-electron chi connectivity index (χ2n) is 3.82. The molecule has 0 aromatic carbocycles. The second-order valence-corrected chi connectivity index (χ2v) is 3.82. The van der Waals surface area contributed by atoms with Gasteiger partial charge in [-0.3, -0.25) is 4.79 Å². The predicted octanol–water partition coefficient (Wildman–Crippen LogP) is 2.01. The second kappa shape index (κ2) is 7.91. The molecule has 0 rings (SSSR count). The van der Waals surface area contributed by atoms with Crippen LogP contribution >= 0.6 is 0 Å². The first-order chi connectivity index (χ1) is 7.49. The van der Waals surface area contributed by atoms with Crippen molar-refractivity contribution in [3.63, 3.8) is 0 Å². The van der Waals surface area contributed by atoms with E-state index in [4.69, 9.17) is 4.74 Å². The summed E-state index contributed by atoms with van der Waals surface area (Å²) in [5.41, 5.74) is 0.625. The highest BCUT2D eigenvalue weighted by Crippen LogP contribution is 2.12. The minimum atomic E-state index is -0.408. The van der Waals surface area contributed by atoms with Crippen LogP contribution in [0.3, 0.4) is 0 Å². The van der Waals surface area contributed by atoms with Gasteiger partial charge in [0, 0.05) is 18.7 Å². The molecule has 4 heteroatoms. The van der Waals surface area contributed by atoms with Crippen LogP contribution in [0.25, 0.3) is 0 Å². The van der Waals surface area contributed by atoms with Crippen molar-refractivity contribution in [1.82, 2.24) is 5.32 Å². The molecule has 0 unspecified atom stereocenters. The quantitative estimate of drug-likeness (QED) is 0.558. The molecular weight excluding hydrogens is 206 g/mol. The molecule has 1 amide bonds. The molecule has 0 aromatic rings. The molecule has 0 aliphatic carbocycles. The van der Waals surface area contributed by atoms with Gasteiger partial charge in [-0.1, -0.05) is 20.3 Å². The summed E-state index contributed by atoms with van der Waals surface area (Å²) < 4.78 is 4.80. The van der Waals surface area contributed by atoms with Crippen LogP contribution in [0.4, 0.5) is 0 Å². The van der Waals surface area contributed by atoms with E-state index in [9.17, 15) is 9.59 Å². The van der Waals surface area contributed by atoms with Gasteiger partial charge in [-0.15, -0.1) is 0 Å². The van der Waals surface area contributed by atoms with Crippen molar-refractivity contribution in [2.75, 3.05) is 6.61 Å². The third kappa shape index (κ3) is 7.04. The molecule has 4 nitrogen and oxygen atoms in total. The monoisotopic (exact) mass is 227 g/mol. The highest BCUT2D eigenvalue weighted by Gasteiger charge is 2.08. The lowest BCUT2D eigenvalue weighted by atomic mass is 10.0. The normalized spacial score (nSPS) is 13.1. The lowest BCUT2D eigenvalue weighted by molar-refractivity contribution is -0.137. The average molecular weight is 227 g/mol. The molecule has 0 heterocycles. The topological polar surface area (TPSA) is 55.4 Å². The molecule has 1 atom stereocenters. The van der Waals surface area contributed by atoms with Gasteiger partial charge < -0.3 is 10.1 Å². The fraction of sp³-hybridized carbons (Fsp3) is 0.667. The Hall–Kier alpha value is -1.32. The molecule has 0 bridgehead atoms. The summed E-state index contributed by atoms with van der Waals surface area (Å²) in [6, 6.07) is 0. The van der Waals surface area contributed by atoms with Gasteiger partial charge >= 0.3 is 5.97 Å². The number of allylic oxidation sites excluding steroid dienone is 1. The number of nitrogens with one attached hydrogen (secondary N) is 1. The van der Waals surface area contributed by atoms with E-state index < -0.39 is 5.97 Å². The Kier molecular flexibility index (Phi) is 7.25. The summed E-state index contributed by atoms with van der Waals surface area (Å²) in [5.74, 6) is -0.152. The molecule has 0 aliphatic heterocycles. The molecule has 0 fully saturated rings. The van der Waals surface area contributed by atoms with Crippen LogP contribution in [0.5, 0.6) is 0 Å². The van der Waals surface area contributed by atoms with Gasteiger partial charge in [0.15, 0.2) is 0 Å². The smallest absolute Gasteiger partial charge is 0.332 e. The number of hydrogen-bond acceptors (Lipinski definition) is 3. The number of hydrogen-bond donors (Lipinski definition) is 1. The standard InChI is InChI=1S/C12H21NO3/c1-5-9(3)7-11(13-10(4)14)8-12(15)16-6-2/h8-9H,5-7H2,1-4H3,(H,13,14)/t9-/m1/s1. The van der Waals surface area contributed by atoms with Crippen molar-refractivity contribution in [2.45, 2.75) is 40.5 Å². The summed E-state index contributed by atoms with van der Waals surface area (Å²) >= 11 is 0. The van der Waals surface area contributed by atoms with Crippen LogP contribution in [-0.2, 0) is 14.3 Å². The highest BCUT2D eigenvalue weighted by atomic mass is 16.5. The molecular formula is C12H21NO3. The largest absolute Gasteiger partial charge is 0.463 e. The molecule has 0 spiro atoms. The molecule has 92 valence electrons. The zero-order chi connectivity index (χ0) is 12.6. The number of ether oxygens (including phenoxy) is 1. The van der Waals surface area contributed by atoms with Crippen LogP contribution < -0.4 is 5.32 Å². The van der Waals surface area contributed by atoms with Gasteiger partial charge in [0.25, 0.3) is 0 Å². The van der Waals surface area contributed by atoms with E-state index in [0.717, 1.165) is 6.42 Å². The van der Waals surface area contributed by atoms with E-state index >= 15 is 0 Å². The Morgan fingerprint density at radius 2 is 2.00 bits per heavy atom. The van der Waals surface area contributed by atoms with Gasteiger partial charge in [0.05, 0.1) is 6.61 Å². The Morgan fingerprint density at radius 1 is 1.38 bits per heavy atom. The van der Waals surface area contributed by atoms with Crippen LogP contribution in [0.1, 0.15) is 40.5 Å². The number of amides is 1. The third-order valence-corrected chi connectivity index (χ3v) is 2.18. The maximum Gasteiger partial charge on any atom is 0.332 e. The van der Waals surface area contributed by atoms with Gasteiger partial charge in [0.1, 0.15) is 0 Å². The number of rotatable bonds is 6. The van der Waals surface area contributed by atoms with Crippen molar-refractivity contribution < 1.29 is 14.3 Å². The van der Waals surface area contributed by atoms with Crippen molar-refractivity contribution in [3.05, 3.63) is 11.8 Å². The van der Waals surface area contributed by atoms with Crippen molar-refractivity contribution in [1.29, 1.82) is 0 Å². The minimum Gasteiger partial charge on any atom is -0.463 e. The zero-order valence-electron chi connectivity index (χ0n) is 10.5. The molecule has 0 radical (unpaired) electrons. The summed E-state index contributed by atoms with van der Waals surface area (Å²) in [6.07, 6.45) is 3.03.